The van der Waals surface area contributed by atoms with Crippen LogP contribution in [0.15, 0.2) is 0 Å². The van der Waals surface area contributed by atoms with E-state index in [0.29, 0.717) is 0 Å². The third kappa shape index (κ3) is 5.80. The van der Waals surface area contributed by atoms with Crippen LogP contribution in [0, 0.1) is 11.8 Å². The summed E-state index contributed by atoms with van der Waals surface area (Å²) in [6, 6.07) is 0. The first-order valence-electron chi connectivity index (χ1n) is 7.78. The third-order valence-corrected chi connectivity index (χ3v) is 4.21. The van der Waals surface area contributed by atoms with Gasteiger partial charge in [-0.05, 0) is 50.6 Å². The second kappa shape index (κ2) is 11.1. The highest BCUT2D eigenvalue weighted by molar-refractivity contribution is 5.77. The summed E-state index contributed by atoms with van der Waals surface area (Å²) in [5.41, 5.74) is 0. The number of amides is 1. The van der Waals surface area contributed by atoms with E-state index in [1.165, 1.54) is 38.8 Å². The largest absolute Gasteiger partial charge is 0.375 e. The number of carbonyl (C=O) groups excluding carboxylic acids is 1. The number of likely N-dealkylation sites (tertiary alicyclic amines) is 1. The molecule has 4 nitrogen and oxygen atoms in total. The van der Waals surface area contributed by atoms with Crippen LogP contribution in [0.1, 0.15) is 47.0 Å². The molecular weight excluding hydrogens is 252 g/mol. The minimum absolute atomic E-state index is 0. The molecular formula is C16H34N2O2. The summed E-state index contributed by atoms with van der Waals surface area (Å²) in [5.74, 6) is 1.87. The molecule has 0 aromatic rings. The number of piperidine rings is 2. The summed E-state index contributed by atoms with van der Waals surface area (Å²) in [5, 5.41) is 3.42. The normalized spacial score (nSPS) is 20.6. The zero-order valence-corrected chi connectivity index (χ0v) is 12.8. The first-order chi connectivity index (χ1) is 9.31. The molecule has 2 rings (SSSR count). The van der Waals surface area contributed by atoms with E-state index in [4.69, 9.17) is 4.74 Å². The topological polar surface area (TPSA) is 41.6 Å². The van der Waals surface area contributed by atoms with Gasteiger partial charge in [-0.3, -0.25) is 4.79 Å². The fourth-order valence-electron chi connectivity index (χ4n) is 3.15. The van der Waals surface area contributed by atoms with Crippen molar-refractivity contribution in [2.24, 2.45) is 11.8 Å². The maximum Gasteiger partial charge on any atom is 0.248 e. The predicted octanol–water partition coefficient (Wildman–Crippen LogP) is 2.53. The molecule has 1 amide bonds. The molecule has 0 atom stereocenters. The maximum absolute atomic E-state index is 11.7. The molecule has 2 aliphatic heterocycles. The van der Waals surface area contributed by atoms with E-state index < -0.39 is 0 Å². The number of hydrogen-bond donors (Lipinski definition) is 1. The average Bonchev–Trinajstić information content (AvgIpc) is 2.51. The Morgan fingerprint density at radius 3 is 2.10 bits per heavy atom. The number of rotatable bonds is 3. The smallest absolute Gasteiger partial charge is 0.248 e. The summed E-state index contributed by atoms with van der Waals surface area (Å²) in [6.07, 6.45) is 4.99. The lowest BCUT2D eigenvalue weighted by molar-refractivity contribution is -0.136. The van der Waals surface area contributed by atoms with Gasteiger partial charge in [0.15, 0.2) is 0 Å². The first-order valence-corrected chi connectivity index (χ1v) is 7.78. The van der Waals surface area contributed by atoms with Gasteiger partial charge < -0.3 is 15.0 Å². The van der Waals surface area contributed by atoms with Gasteiger partial charge in [0.1, 0.15) is 6.61 Å². The van der Waals surface area contributed by atoms with E-state index in [9.17, 15) is 4.79 Å². The minimum Gasteiger partial charge on any atom is -0.375 e. The molecule has 2 heterocycles. The van der Waals surface area contributed by atoms with Gasteiger partial charge in [0.05, 0.1) is 0 Å². The van der Waals surface area contributed by atoms with Crippen LogP contribution in [-0.4, -0.2) is 50.7 Å². The zero-order chi connectivity index (χ0) is 14.1. The summed E-state index contributed by atoms with van der Waals surface area (Å²) in [6.45, 7) is 8.44. The lowest BCUT2D eigenvalue weighted by Gasteiger charge is -2.37. The first kappa shape index (κ1) is 19.4. The molecule has 1 N–H and O–H groups in total. The van der Waals surface area contributed by atoms with Crippen LogP contribution in [0.5, 0.6) is 0 Å². The Morgan fingerprint density at radius 2 is 1.60 bits per heavy atom. The average molecular weight is 286 g/mol. The van der Waals surface area contributed by atoms with E-state index >= 15 is 0 Å². The Kier molecular flexibility index (Phi) is 10.8. The van der Waals surface area contributed by atoms with Crippen molar-refractivity contribution in [2.45, 2.75) is 47.0 Å². The molecule has 20 heavy (non-hydrogen) atoms. The second-order valence-electron chi connectivity index (χ2n) is 5.24. The Bertz CT molecular complexity index is 245. The number of methoxy groups -OCH3 is 1. The van der Waals surface area contributed by atoms with Crippen LogP contribution >= 0.6 is 0 Å². The Balaban J connectivity index is 0.00000115. The number of carbonyl (C=O) groups is 1. The third-order valence-electron chi connectivity index (χ3n) is 4.21. The van der Waals surface area contributed by atoms with E-state index in [1.807, 2.05) is 18.7 Å². The van der Waals surface area contributed by atoms with Crippen molar-refractivity contribution < 1.29 is 9.53 Å². The molecule has 2 saturated heterocycles. The monoisotopic (exact) mass is 286 g/mol. The van der Waals surface area contributed by atoms with Crippen molar-refractivity contribution >= 4 is 5.91 Å². The lowest BCUT2D eigenvalue weighted by atomic mass is 9.79. The van der Waals surface area contributed by atoms with Crippen molar-refractivity contribution in [1.29, 1.82) is 0 Å². The Morgan fingerprint density at radius 1 is 1.10 bits per heavy atom. The molecule has 4 heteroatoms. The Hall–Kier alpha value is -0.610. The fourth-order valence-corrected chi connectivity index (χ4v) is 3.15. The van der Waals surface area contributed by atoms with Crippen LogP contribution in [0.3, 0.4) is 0 Å². The van der Waals surface area contributed by atoms with Crippen molar-refractivity contribution in [2.75, 3.05) is 39.9 Å². The molecule has 2 fully saturated rings. The lowest BCUT2D eigenvalue weighted by Crippen LogP contribution is -2.43. The van der Waals surface area contributed by atoms with Crippen molar-refractivity contribution in [3.63, 3.8) is 0 Å². The highest BCUT2D eigenvalue weighted by Gasteiger charge is 2.28. The molecule has 0 aromatic carbocycles. The summed E-state index contributed by atoms with van der Waals surface area (Å²) in [4.78, 5) is 13.6. The van der Waals surface area contributed by atoms with Gasteiger partial charge >= 0.3 is 0 Å². The molecule has 0 spiro atoms. The van der Waals surface area contributed by atoms with E-state index in [2.05, 4.69) is 5.32 Å². The molecule has 0 saturated carbocycles. The highest BCUT2D eigenvalue weighted by atomic mass is 16.5. The minimum atomic E-state index is 0. The quantitative estimate of drug-likeness (QED) is 0.867. The number of hydrogen-bond acceptors (Lipinski definition) is 3. The number of nitrogens with one attached hydrogen (secondary N) is 1. The van der Waals surface area contributed by atoms with Crippen molar-refractivity contribution in [1.82, 2.24) is 10.2 Å². The van der Waals surface area contributed by atoms with Gasteiger partial charge in [-0.2, -0.15) is 0 Å². The highest BCUT2D eigenvalue weighted by Crippen LogP contribution is 2.30. The van der Waals surface area contributed by atoms with Gasteiger partial charge in [0, 0.05) is 20.2 Å². The molecule has 2 aliphatic rings. The Labute approximate surface area is 125 Å². The second-order valence-corrected chi connectivity index (χ2v) is 5.24. The predicted molar refractivity (Wildman–Crippen MR) is 84.9 cm³/mol. The molecule has 120 valence electrons. The van der Waals surface area contributed by atoms with Gasteiger partial charge in [0.2, 0.25) is 5.91 Å². The molecule has 0 bridgehead atoms. The molecule has 0 unspecified atom stereocenters. The number of nitrogens with zero attached hydrogens (tertiary/aromatic N) is 1. The zero-order valence-electron chi connectivity index (χ0n) is 12.8. The summed E-state index contributed by atoms with van der Waals surface area (Å²) >= 11 is 0. The van der Waals surface area contributed by atoms with E-state index in [0.717, 1.165) is 24.9 Å². The van der Waals surface area contributed by atoms with Gasteiger partial charge in [-0.25, -0.2) is 0 Å². The maximum atomic E-state index is 11.7. The summed E-state index contributed by atoms with van der Waals surface area (Å²) < 4.78 is 4.90. The van der Waals surface area contributed by atoms with Crippen LogP contribution in [0.4, 0.5) is 0 Å². The van der Waals surface area contributed by atoms with Gasteiger partial charge in [0.25, 0.3) is 0 Å². The van der Waals surface area contributed by atoms with Crippen molar-refractivity contribution in [3.8, 4) is 0 Å². The van der Waals surface area contributed by atoms with E-state index in [-0.39, 0.29) is 19.9 Å². The summed E-state index contributed by atoms with van der Waals surface area (Å²) in [7, 11) is 1.58. The van der Waals surface area contributed by atoms with Crippen molar-refractivity contribution in [3.05, 3.63) is 0 Å². The van der Waals surface area contributed by atoms with E-state index in [1.54, 1.807) is 7.11 Å². The van der Waals surface area contributed by atoms with Crippen LogP contribution < -0.4 is 5.32 Å². The standard InChI is InChI=1S/C13H24N2O2.C2H6.CH4/c1-17-10-13(16)15-8-4-12(5-9-15)11-2-6-14-7-3-11;1-2;/h11-12,14H,2-10H2,1H3;1-2H3;1H4. The molecule has 0 aromatic heterocycles. The van der Waals surface area contributed by atoms with Crippen LogP contribution in [0.2, 0.25) is 0 Å². The fraction of sp³-hybridized carbons (Fsp3) is 0.938. The molecule has 0 aliphatic carbocycles. The van der Waals surface area contributed by atoms with Gasteiger partial charge in [-0.15, -0.1) is 0 Å². The number of ether oxygens (including phenoxy) is 1. The van der Waals surface area contributed by atoms with Crippen LogP contribution in [-0.2, 0) is 9.53 Å². The SMILES string of the molecule is C.CC.COCC(=O)N1CCC(C2CCNCC2)CC1. The van der Waals surface area contributed by atoms with Gasteiger partial charge in [-0.1, -0.05) is 21.3 Å². The van der Waals surface area contributed by atoms with Crippen LogP contribution in [0.25, 0.3) is 0 Å². The molecule has 0 radical (unpaired) electrons.